The van der Waals surface area contributed by atoms with E-state index in [4.69, 9.17) is 4.52 Å². The molecule has 134 valence electrons. The number of pyridine rings is 1. The minimum atomic E-state index is -4.76. The van der Waals surface area contributed by atoms with Crippen molar-refractivity contribution in [1.29, 1.82) is 0 Å². The second kappa shape index (κ2) is 6.02. The van der Waals surface area contributed by atoms with Gasteiger partial charge in [0.05, 0.1) is 10.5 Å². The van der Waals surface area contributed by atoms with Crippen LogP contribution in [0.1, 0.15) is 5.69 Å². The molecule has 2 aromatic heterocycles. The van der Waals surface area contributed by atoms with Crippen LogP contribution >= 0.6 is 0 Å². The number of benzene rings is 1. The summed E-state index contributed by atoms with van der Waals surface area (Å²) < 4.78 is 44.3. The van der Waals surface area contributed by atoms with Gasteiger partial charge in [0.2, 0.25) is 5.75 Å². The Morgan fingerprint density at radius 3 is 2.58 bits per heavy atom. The van der Waals surface area contributed by atoms with Crippen LogP contribution < -0.4 is 0 Å². The van der Waals surface area contributed by atoms with Crippen LogP contribution in [-0.4, -0.2) is 25.3 Å². The van der Waals surface area contributed by atoms with Crippen molar-refractivity contribution in [1.82, 2.24) is 10.1 Å². The molecular weight excluding hydrogens is 359 g/mol. The molecule has 0 radical (unpaired) electrons. The van der Waals surface area contributed by atoms with E-state index in [2.05, 4.69) is 10.1 Å². The van der Waals surface area contributed by atoms with Crippen molar-refractivity contribution < 1.29 is 32.8 Å². The van der Waals surface area contributed by atoms with Gasteiger partial charge in [0, 0.05) is 23.4 Å². The number of nitro groups is 1. The maximum atomic E-state index is 13.2. The lowest BCUT2D eigenvalue weighted by atomic mass is 9.99. The summed E-state index contributed by atoms with van der Waals surface area (Å²) in [7, 11) is 0. The molecule has 0 aliphatic carbocycles. The molecule has 0 saturated carbocycles. The van der Waals surface area contributed by atoms with Crippen LogP contribution in [-0.2, 0) is 6.18 Å². The van der Waals surface area contributed by atoms with Gasteiger partial charge in [-0.25, -0.2) is 0 Å². The van der Waals surface area contributed by atoms with E-state index in [1.165, 1.54) is 6.07 Å². The average molecular weight is 367 g/mol. The first-order valence-corrected chi connectivity index (χ1v) is 6.88. The second-order valence-electron chi connectivity index (χ2n) is 5.09. The number of nitrogens with zero attached hydrogens (tertiary/aromatic N) is 3. The summed E-state index contributed by atoms with van der Waals surface area (Å²) in [5.74, 6) is -1.80. The molecule has 3 rings (SSSR count). The zero-order chi connectivity index (χ0) is 19.1. The predicted octanol–water partition coefficient (Wildman–Crippen LogP) is 3.74. The summed E-state index contributed by atoms with van der Waals surface area (Å²) in [5.41, 5.74) is -2.83. The van der Waals surface area contributed by atoms with Crippen LogP contribution in [0.15, 0.2) is 41.2 Å². The van der Waals surface area contributed by atoms with Crippen molar-refractivity contribution in [2.24, 2.45) is 0 Å². The number of aromatic nitrogens is 2. The second-order valence-corrected chi connectivity index (χ2v) is 5.09. The molecule has 11 heteroatoms. The van der Waals surface area contributed by atoms with Crippen LogP contribution in [0.3, 0.4) is 0 Å². The molecule has 0 fully saturated rings. The highest BCUT2D eigenvalue weighted by Gasteiger charge is 2.36. The summed E-state index contributed by atoms with van der Waals surface area (Å²) in [6, 6.07) is 4.20. The molecule has 0 unspecified atom stereocenters. The van der Waals surface area contributed by atoms with Gasteiger partial charge in [-0.3, -0.25) is 15.1 Å². The number of hydrogen-bond acceptors (Lipinski definition) is 7. The fraction of sp³-hybridized carbons (Fsp3) is 0.0667. The molecule has 0 saturated heterocycles. The SMILES string of the molecule is O=[N+]([O-])c1cc(-c2nocc2-c2cccnc2C(F)(F)F)cc(O)c1O. The lowest BCUT2D eigenvalue weighted by Gasteiger charge is -2.11. The molecule has 0 spiro atoms. The molecular formula is C15H8F3N3O5. The zero-order valence-electron chi connectivity index (χ0n) is 12.6. The number of nitro benzene ring substituents is 1. The Hall–Kier alpha value is -3.63. The first-order chi connectivity index (χ1) is 12.2. The zero-order valence-corrected chi connectivity index (χ0v) is 12.6. The molecule has 0 aliphatic rings. The lowest BCUT2D eigenvalue weighted by Crippen LogP contribution is -2.09. The number of rotatable bonds is 3. The summed E-state index contributed by atoms with van der Waals surface area (Å²) in [4.78, 5) is 13.3. The average Bonchev–Trinajstić information content (AvgIpc) is 3.05. The topological polar surface area (TPSA) is 123 Å². The minimum Gasteiger partial charge on any atom is -0.504 e. The Morgan fingerprint density at radius 1 is 1.19 bits per heavy atom. The number of alkyl halides is 3. The van der Waals surface area contributed by atoms with Crippen molar-refractivity contribution in [3.63, 3.8) is 0 Å². The van der Waals surface area contributed by atoms with Crippen molar-refractivity contribution in [2.45, 2.75) is 6.18 Å². The van der Waals surface area contributed by atoms with Gasteiger partial charge in [0.25, 0.3) is 0 Å². The molecule has 2 N–H and O–H groups in total. The van der Waals surface area contributed by atoms with E-state index in [0.29, 0.717) is 0 Å². The Labute approximate surface area is 142 Å². The smallest absolute Gasteiger partial charge is 0.433 e. The Kier molecular flexibility index (Phi) is 3.98. The van der Waals surface area contributed by atoms with E-state index in [-0.39, 0.29) is 22.4 Å². The number of halogens is 3. The Morgan fingerprint density at radius 2 is 1.92 bits per heavy atom. The highest BCUT2D eigenvalue weighted by atomic mass is 19.4. The van der Waals surface area contributed by atoms with E-state index < -0.39 is 34.0 Å². The first-order valence-electron chi connectivity index (χ1n) is 6.88. The summed E-state index contributed by atoms with van der Waals surface area (Å²) in [5, 5.41) is 33.7. The summed E-state index contributed by atoms with van der Waals surface area (Å²) in [6.45, 7) is 0. The minimum absolute atomic E-state index is 0.118. The van der Waals surface area contributed by atoms with E-state index in [1.807, 2.05) is 0 Å². The Balaban J connectivity index is 2.23. The number of phenolic OH excluding ortho intramolecular Hbond substituents is 2. The molecule has 0 aliphatic heterocycles. The van der Waals surface area contributed by atoms with Crippen molar-refractivity contribution in [3.8, 4) is 33.9 Å². The standard InChI is InChI=1S/C15H8F3N3O5/c16-15(17,18)14-8(2-1-3-19-14)9-6-26-20-12(9)7-4-10(21(24)25)13(23)11(22)5-7/h1-6,22-23H. The third-order valence-corrected chi connectivity index (χ3v) is 3.48. The van der Waals surface area contributed by atoms with E-state index in [1.54, 1.807) is 0 Å². The number of aromatic hydroxyl groups is 2. The maximum Gasteiger partial charge on any atom is 0.433 e. The van der Waals surface area contributed by atoms with Gasteiger partial charge in [-0.2, -0.15) is 13.2 Å². The summed E-state index contributed by atoms with van der Waals surface area (Å²) >= 11 is 0. The van der Waals surface area contributed by atoms with Crippen LogP contribution in [0.25, 0.3) is 22.4 Å². The van der Waals surface area contributed by atoms with Gasteiger partial charge < -0.3 is 14.7 Å². The monoisotopic (exact) mass is 367 g/mol. The van der Waals surface area contributed by atoms with Gasteiger partial charge in [0.1, 0.15) is 12.0 Å². The van der Waals surface area contributed by atoms with E-state index >= 15 is 0 Å². The maximum absolute atomic E-state index is 13.2. The first kappa shape index (κ1) is 17.2. The van der Waals surface area contributed by atoms with Crippen molar-refractivity contribution >= 4 is 5.69 Å². The fourth-order valence-corrected chi connectivity index (χ4v) is 2.36. The third-order valence-electron chi connectivity index (χ3n) is 3.48. The van der Waals surface area contributed by atoms with Crippen LogP contribution in [0.4, 0.5) is 18.9 Å². The molecule has 8 nitrogen and oxygen atoms in total. The van der Waals surface area contributed by atoms with Gasteiger partial charge in [0.15, 0.2) is 11.4 Å². The highest BCUT2D eigenvalue weighted by molar-refractivity contribution is 5.83. The molecule has 3 aromatic rings. The van der Waals surface area contributed by atoms with Crippen LogP contribution in [0, 0.1) is 10.1 Å². The van der Waals surface area contributed by atoms with Gasteiger partial charge in [-0.15, -0.1) is 0 Å². The van der Waals surface area contributed by atoms with Gasteiger partial charge in [-0.1, -0.05) is 11.2 Å². The molecule has 0 atom stereocenters. The van der Waals surface area contributed by atoms with Crippen LogP contribution in [0.5, 0.6) is 11.5 Å². The largest absolute Gasteiger partial charge is 0.504 e. The number of phenols is 2. The highest BCUT2D eigenvalue weighted by Crippen LogP contribution is 2.43. The molecule has 0 amide bonds. The molecule has 1 aromatic carbocycles. The lowest BCUT2D eigenvalue weighted by molar-refractivity contribution is -0.385. The molecule has 0 bridgehead atoms. The van der Waals surface area contributed by atoms with Gasteiger partial charge in [-0.05, 0) is 12.1 Å². The molecule has 26 heavy (non-hydrogen) atoms. The van der Waals surface area contributed by atoms with E-state index in [0.717, 1.165) is 30.7 Å². The summed E-state index contributed by atoms with van der Waals surface area (Å²) in [6.07, 6.45) is -2.86. The Bertz CT molecular complexity index is 1000. The van der Waals surface area contributed by atoms with Crippen LogP contribution in [0.2, 0.25) is 0 Å². The normalized spacial score (nSPS) is 11.5. The predicted molar refractivity (Wildman–Crippen MR) is 80.2 cm³/mol. The third kappa shape index (κ3) is 2.90. The quantitative estimate of drug-likeness (QED) is 0.411. The number of hydrogen-bond donors (Lipinski definition) is 2. The van der Waals surface area contributed by atoms with Crippen molar-refractivity contribution in [2.75, 3.05) is 0 Å². The van der Waals surface area contributed by atoms with Gasteiger partial charge >= 0.3 is 11.9 Å². The van der Waals surface area contributed by atoms with E-state index in [9.17, 15) is 33.5 Å². The molecule has 2 heterocycles. The van der Waals surface area contributed by atoms with Crippen molar-refractivity contribution in [3.05, 3.63) is 52.5 Å². The fourth-order valence-electron chi connectivity index (χ4n) is 2.36.